The van der Waals surface area contributed by atoms with Crippen LogP contribution in [0.1, 0.15) is 41.2 Å². The van der Waals surface area contributed by atoms with Crippen LogP contribution in [0.4, 0.5) is 5.69 Å². The summed E-state index contributed by atoms with van der Waals surface area (Å²) < 4.78 is 16.6. The molecule has 3 heterocycles. The van der Waals surface area contributed by atoms with Crippen LogP contribution in [0.15, 0.2) is 77.2 Å². The third kappa shape index (κ3) is 5.60. The highest BCUT2D eigenvalue weighted by molar-refractivity contribution is 7.99. The van der Waals surface area contributed by atoms with E-state index in [9.17, 15) is 4.79 Å². The molecule has 1 atom stereocenters. The Kier molecular flexibility index (Phi) is 7.40. The Morgan fingerprint density at radius 3 is 2.63 bits per heavy atom. The van der Waals surface area contributed by atoms with Gasteiger partial charge in [0.05, 0.1) is 0 Å². The number of carbonyl (C=O) groups excluding carboxylic acids is 1. The van der Waals surface area contributed by atoms with E-state index in [2.05, 4.69) is 47.6 Å². The molecule has 7 heteroatoms. The van der Waals surface area contributed by atoms with Crippen molar-refractivity contribution in [2.75, 3.05) is 32.4 Å². The number of thioether (sulfide) groups is 1. The van der Waals surface area contributed by atoms with Crippen LogP contribution in [-0.4, -0.2) is 43.9 Å². The van der Waals surface area contributed by atoms with Crippen molar-refractivity contribution >= 4 is 29.4 Å². The quantitative estimate of drug-likeness (QED) is 0.406. The van der Waals surface area contributed by atoms with E-state index in [0.29, 0.717) is 12.5 Å². The number of hydrogen-bond acceptors (Lipinski definition) is 6. The van der Waals surface area contributed by atoms with E-state index in [0.717, 1.165) is 71.4 Å². The van der Waals surface area contributed by atoms with Crippen LogP contribution < -0.4 is 14.8 Å². The maximum absolute atomic E-state index is 13.5. The first-order chi connectivity index (χ1) is 18.6. The van der Waals surface area contributed by atoms with Crippen LogP contribution in [-0.2, 0) is 16.1 Å². The van der Waals surface area contributed by atoms with Crippen molar-refractivity contribution in [3.63, 3.8) is 0 Å². The van der Waals surface area contributed by atoms with E-state index in [4.69, 9.17) is 14.2 Å². The monoisotopic (exact) mass is 528 g/mol. The molecule has 3 aliphatic rings. The molecular formula is C31H32N2O4S. The standard InChI is InChI=1S/C31H32N2O4S/c1-33(26-12-14-35-15-13-26)19-21-6-9-25(10-7-21)32-31(34)24-16-22-4-2-3-5-29(22)38-30(18-24)23-8-11-27-28(17-23)37-20-36-27/h2-11,16-17,26,30H,12-15,18-20H2,1H3,(H,32,34). The number of ether oxygens (including phenoxy) is 3. The number of amides is 1. The Hall–Kier alpha value is -3.26. The molecule has 0 saturated carbocycles. The molecule has 1 unspecified atom stereocenters. The number of benzene rings is 3. The molecule has 3 aromatic carbocycles. The minimum Gasteiger partial charge on any atom is -0.454 e. The Morgan fingerprint density at radius 1 is 1.00 bits per heavy atom. The normalized spacial score (nSPS) is 19.0. The molecule has 6 rings (SSSR count). The maximum atomic E-state index is 13.5. The van der Waals surface area contributed by atoms with Gasteiger partial charge >= 0.3 is 0 Å². The van der Waals surface area contributed by atoms with Crippen molar-refractivity contribution < 1.29 is 19.0 Å². The van der Waals surface area contributed by atoms with Crippen molar-refractivity contribution in [1.82, 2.24) is 4.90 Å². The first-order valence-corrected chi connectivity index (χ1v) is 14.0. The van der Waals surface area contributed by atoms with E-state index in [1.165, 1.54) is 5.56 Å². The fraction of sp³-hybridized carbons (Fsp3) is 0.323. The van der Waals surface area contributed by atoms with Crippen molar-refractivity contribution in [2.45, 2.75) is 42.0 Å². The minimum absolute atomic E-state index is 0.0693. The van der Waals surface area contributed by atoms with Gasteiger partial charge in [0.15, 0.2) is 11.5 Å². The van der Waals surface area contributed by atoms with Gasteiger partial charge < -0.3 is 19.5 Å². The molecule has 0 radical (unpaired) electrons. The minimum atomic E-state index is -0.0693. The molecule has 196 valence electrons. The van der Waals surface area contributed by atoms with Crippen LogP contribution in [0.5, 0.6) is 11.5 Å². The molecule has 0 bridgehead atoms. The van der Waals surface area contributed by atoms with Gasteiger partial charge in [0.2, 0.25) is 6.79 Å². The SMILES string of the molecule is CN(Cc1ccc(NC(=O)C2=Cc3ccccc3SC(c3ccc4c(c3)OCO4)C2)cc1)C1CCOCC1. The molecule has 1 saturated heterocycles. The van der Waals surface area contributed by atoms with Crippen molar-refractivity contribution in [2.24, 2.45) is 0 Å². The predicted octanol–water partition coefficient (Wildman–Crippen LogP) is 6.29. The lowest BCUT2D eigenvalue weighted by atomic mass is 10.0. The fourth-order valence-corrected chi connectivity index (χ4v) is 6.53. The van der Waals surface area contributed by atoms with E-state index in [-0.39, 0.29) is 18.0 Å². The van der Waals surface area contributed by atoms with E-state index < -0.39 is 0 Å². The zero-order valence-corrected chi connectivity index (χ0v) is 22.3. The lowest BCUT2D eigenvalue weighted by molar-refractivity contribution is -0.112. The molecule has 1 fully saturated rings. The average Bonchev–Trinajstić information content (AvgIpc) is 3.33. The molecule has 1 amide bonds. The van der Waals surface area contributed by atoms with Crippen molar-refractivity contribution in [3.05, 3.63) is 89.0 Å². The van der Waals surface area contributed by atoms with Gasteiger partial charge in [-0.05, 0) is 79.4 Å². The number of anilines is 1. The van der Waals surface area contributed by atoms with Crippen molar-refractivity contribution in [1.29, 1.82) is 0 Å². The highest BCUT2D eigenvalue weighted by Crippen LogP contribution is 2.46. The Morgan fingerprint density at radius 2 is 1.79 bits per heavy atom. The molecule has 6 nitrogen and oxygen atoms in total. The van der Waals surface area contributed by atoms with Crippen LogP contribution in [0.2, 0.25) is 0 Å². The Balaban J connectivity index is 1.17. The lowest BCUT2D eigenvalue weighted by Crippen LogP contribution is -2.36. The summed E-state index contributed by atoms with van der Waals surface area (Å²) in [4.78, 5) is 17.1. The third-order valence-corrected chi connectivity index (χ3v) is 8.79. The van der Waals surface area contributed by atoms with Gasteiger partial charge in [-0.2, -0.15) is 0 Å². The zero-order valence-electron chi connectivity index (χ0n) is 21.5. The Labute approximate surface area is 228 Å². The molecule has 0 aliphatic carbocycles. The van der Waals surface area contributed by atoms with Crippen LogP contribution in [0.25, 0.3) is 6.08 Å². The van der Waals surface area contributed by atoms with E-state index >= 15 is 0 Å². The number of fused-ring (bicyclic) bond motifs is 2. The van der Waals surface area contributed by atoms with Gasteiger partial charge in [-0.15, -0.1) is 11.8 Å². The molecule has 0 spiro atoms. The van der Waals surface area contributed by atoms with Crippen LogP contribution >= 0.6 is 11.8 Å². The summed E-state index contributed by atoms with van der Waals surface area (Å²) in [6, 6.07) is 23.1. The zero-order chi connectivity index (χ0) is 25.9. The molecule has 1 N–H and O–H groups in total. The van der Waals surface area contributed by atoms with E-state index in [1.807, 2.05) is 42.5 Å². The molecule has 0 aromatic heterocycles. The van der Waals surface area contributed by atoms with Gasteiger partial charge in [0, 0.05) is 47.2 Å². The summed E-state index contributed by atoms with van der Waals surface area (Å²) in [5.74, 6) is 1.46. The lowest BCUT2D eigenvalue weighted by Gasteiger charge is -2.31. The smallest absolute Gasteiger partial charge is 0.251 e. The first-order valence-electron chi connectivity index (χ1n) is 13.2. The van der Waals surface area contributed by atoms with Gasteiger partial charge in [-0.3, -0.25) is 9.69 Å². The number of nitrogens with one attached hydrogen (secondary N) is 1. The number of carbonyl (C=O) groups is 1. The summed E-state index contributed by atoms with van der Waals surface area (Å²) in [5, 5.41) is 3.21. The van der Waals surface area contributed by atoms with Crippen LogP contribution in [0, 0.1) is 0 Å². The van der Waals surface area contributed by atoms with Crippen molar-refractivity contribution in [3.8, 4) is 11.5 Å². The first kappa shape index (κ1) is 25.0. The second-order valence-corrected chi connectivity index (χ2v) is 11.3. The topological polar surface area (TPSA) is 60.0 Å². The van der Waals surface area contributed by atoms with Gasteiger partial charge in [0.25, 0.3) is 5.91 Å². The van der Waals surface area contributed by atoms with Crippen LogP contribution in [0.3, 0.4) is 0 Å². The number of rotatable bonds is 6. The average molecular weight is 529 g/mol. The summed E-state index contributed by atoms with van der Waals surface area (Å²) in [6.45, 7) is 2.82. The summed E-state index contributed by atoms with van der Waals surface area (Å²) in [5.41, 5.74) is 4.98. The summed E-state index contributed by atoms with van der Waals surface area (Å²) in [6.07, 6.45) is 4.80. The Bertz CT molecular complexity index is 1330. The molecular weight excluding hydrogens is 496 g/mol. The molecule has 38 heavy (non-hydrogen) atoms. The predicted molar refractivity (Wildman–Crippen MR) is 151 cm³/mol. The van der Waals surface area contributed by atoms with Gasteiger partial charge in [-0.1, -0.05) is 36.4 Å². The molecule has 3 aromatic rings. The van der Waals surface area contributed by atoms with E-state index in [1.54, 1.807) is 11.8 Å². The highest BCUT2D eigenvalue weighted by Gasteiger charge is 2.26. The number of hydrogen-bond donors (Lipinski definition) is 1. The maximum Gasteiger partial charge on any atom is 0.251 e. The summed E-state index contributed by atoms with van der Waals surface area (Å²) in [7, 11) is 2.18. The largest absolute Gasteiger partial charge is 0.454 e. The third-order valence-electron chi connectivity index (χ3n) is 7.44. The highest BCUT2D eigenvalue weighted by atomic mass is 32.2. The number of nitrogens with zero attached hydrogens (tertiary/aromatic N) is 1. The summed E-state index contributed by atoms with van der Waals surface area (Å²) >= 11 is 1.78. The van der Waals surface area contributed by atoms with Gasteiger partial charge in [0.1, 0.15) is 0 Å². The second-order valence-electron chi connectivity index (χ2n) is 10.0. The second kappa shape index (κ2) is 11.2. The van der Waals surface area contributed by atoms with Gasteiger partial charge in [-0.25, -0.2) is 0 Å². The fourth-order valence-electron chi connectivity index (χ4n) is 5.25. The molecule has 3 aliphatic heterocycles.